The van der Waals surface area contributed by atoms with Crippen molar-refractivity contribution in [2.75, 3.05) is 25.1 Å². The Morgan fingerprint density at radius 3 is 2.30 bits per heavy atom. The number of ether oxygens (including phenoxy) is 3. The Kier molecular flexibility index (Phi) is 7.05. The van der Waals surface area contributed by atoms with Crippen LogP contribution in [0.1, 0.15) is 29.8 Å². The number of carboxylic acids is 1. The predicted octanol–water partition coefficient (Wildman–Crippen LogP) is 3.51. The van der Waals surface area contributed by atoms with E-state index in [1.54, 1.807) is 43.3 Å². The van der Waals surface area contributed by atoms with E-state index >= 15 is 0 Å². The summed E-state index contributed by atoms with van der Waals surface area (Å²) in [6, 6.07) is 9.96. The fourth-order valence-electron chi connectivity index (χ4n) is 2.40. The molecule has 2 aromatic rings. The maximum absolute atomic E-state index is 12.6. The third-order valence-electron chi connectivity index (χ3n) is 3.61. The van der Waals surface area contributed by atoms with Crippen molar-refractivity contribution in [3.63, 3.8) is 0 Å². The van der Waals surface area contributed by atoms with Crippen LogP contribution in [0.15, 0.2) is 36.4 Å². The second-order valence-corrected chi connectivity index (χ2v) is 5.64. The number of hydrogen-bond acceptors (Lipinski definition) is 5. The van der Waals surface area contributed by atoms with Gasteiger partial charge in [0.25, 0.3) is 5.91 Å². The van der Waals surface area contributed by atoms with Gasteiger partial charge in [-0.1, -0.05) is 0 Å². The first kappa shape index (κ1) is 20.1. The maximum Gasteiger partial charge on any atom is 0.341 e. The Balaban J connectivity index is 2.14. The molecule has 0 aliphatic rings. The van der Waals surface area contributed by atoms with Crippen molar-refractivity contribution in [2.45, 2.75) is 20.8 Å². The normalized spacial score (nSPS) is 10.2. The number of carbonyl (C=O) groups excluding carboxylic acids is 1. The monoisotopic (exact) mass is 373 g/mol. The number of hydrogen-bond donors (Lipinski definition) is 2. The number of rotatable bonds is 9. The molecule has 0 spiro atoms. The smallest absolute Gasteiger partial charge is 0.341 e. The average molecular weight is 373 g/mol. The highest BCUT2D eigenvalue weighted by molar-refractivity contribution is 6.05. The van der Waals surface area contributed by atoms with Crippen molar-refractivity contribution in [1.82, 2.24) is 0 Å². The van der Waals surface area contributed by atoms with Crippen molar-refractivity contribution in [3.8, 4) is 17.2 Å². The lowest BCUT2D eigenvalue weighted by Gasteiger charge is -2.13. The van der Waals surface area contributed by atoms with Crippen LogP contribution >= 0.6 is 0 Å². The molecule has 0 atom stereocenters. The van der Waals surface area contributed by atoms with Gasteiger partial charge in [-0.15, -0.1) is 0 Å². The lowest BCUT2D eigenvalue weighted by Crippen LogP contribution is -2.14. The first-order valence-electron chi connectivity index (χ1n) is 8.60. The van der Waals surface area contributed by atoms with Gasteiger partial charge in [-0.3, -0.25) is 4.79 Å². The Morgan fingerprint density at radius 1 is 0.963 bits per heavy atom. The molecule has 2 N–H and O–H groups in total. The lowest BCUT2D eigenvalue weighted by molar-refractivity contribution is -0.139. The van der Waals surface area contributed by atoms with Gasteiger partial charge in [-0.05, 0) is 62.7 Å². The summed E-state index contributed by atoms with van der Waals surface area (Å²) >= 11 is 0. The molecular weight excluding hydrogens is 350 g/mol. The second kappa shape index (κ2) is 9.47. The number of carboxylic acid groups (broad SMARTS) is 1. The molecule has 0 bridgehead atoms. The molecule has 0 aromatic heterocycles. The van der Waals surface area contributed by atoms with Crippen LogP contribution in [0.25, 0.3) is 0 Å². The molecule has 2 rings (SSSR count). The molecule has 1 amide bonds. The van der Waals surface area contributed by atoms with Gasteiger partial charge in [0.1, 0.15) is 5.75 Å². The quantitative estimate of drug-likeness (QED) is 0.699. The molecule has 0 saturated carbocycles. The molecule has 7 heteroatoms. The van der Waals surface area contributed by atoms with Gasteiger partial charge in [-0.2, -0.15) is 0 Å². The summed E-state index contributed by atoms with van der Waals surface area (Å²) in [6.07, 6.45) is 0. The van der Waals surface area contributed by atoms with Gasteiger partial charge >= 0.3 is 5.97 Å². The van der Waals surface area contributed by atoms with E-state index in [-0.39, 0.29) is 5.91 Å². The Labute approximate surface area is 157 Å². The van der Waals surface area contributed by atoms with E-state index in [0.29, 0.717) is 41.7 Å². The molecule has 27 heavy (non-hydrogen) atoms. The van der Waals surface area contributed by atoms with Gasteiger partial charge in [-0.25, -0.2) is 4.79 Å². The number of benzene rings is 2. The van der Waals surface area contributed by atoms with Crippen molar-refractivity contribution in [3.05, 3.63) is 47.5 Å². The SMILES string of the molecule is CCOc1ccc(C(=O)Nc2ccc(OCC(=O)O)cc2C)cc1OCC. The molecule has 0 aliphatic heterocycles. The highest BCUT2D eigenvalue weighted by Gasteiger charge is 2.13. The van der Waals surface area contributed by atoms with Crippen LogP contribution in [0.5, 0.6) is 17.2 Å². The molecule has 0 unspecified atom stereocenters. The van der Waals surface area contributed by atoms with Crippen LogP contribution in [0.4, 0.5) is 5.69 Å². The first-order valence-corrected chi connectivity index (χ1v) is 8.60. The largest absolute Gasteiger partial charge is 0.490 e. The van der Waals surface area contributed by atoms with E-state index < -0.39 is 12.6 Å². The van der Waals surface area contributed by atoms with Crippen LogP contribution in [0, 0.1) is 6.92 Å². The van der Waals surface area contributed by atoms with Crippen LogP contribution in [0.3, 0.4) is 0 Å². The van der Waals surface area contributed by atoms with Gasteiger partial charge < -0.3 is 24.6 Å². The van der Waals surface area contributed by atoms with Crippen LogP contribution in [-0.4, -0.2) is 36.8 Å². The van der Waals surface area contributed by atoms with E-state index in [1.165, 1.54) is 0 Å². The summed E-state index contributed by atoms with van der Waals surface area (Å²) in [7, 11) is 0. The van der Waals surface area contributed by atoms with Crippen LogP contribution in [0.2, 0.25) is 0 Å². The zero-order valence-corrected chi connectivity index (χ0v) is 15.6. The zero-order valence-electron chi connectivity index (χ0n) is 15.6. The highest BCUT2D eigenvalue weighted by atomic mass is 16.5. The molecule has 0 fully saturated rings. The van der Waals surface area contributed by atoms with Gasteiger partial charge in [0.15, 0.2) is 18.1 Å². The van der Waals surface area contributed by atoms with E-state index in [9.17, 15) is 9.59 Å². The molecule has 7 nitrogen and oxygen atoms in total. The molecule has 0 radical (unpaired) electrons. The van der Waals surface area contributed by atoms with Gasteiger partial charge in [0, 0.05) is 11.3 Å². The summed E-state index contributed by atoms with van der Waals surface area (Å²) in [5.74, 6) is 0.188. The Hall–Kier alpha value is -3.22. The summed E-state index contributed by atoms with van der Waals surface area (Å²) < 4.78 is 16.2. The van der Waals surface area contributed by atoms with Crippen molar-refractivity contribution in [1.29, 1.82) is 0 Å². The molecular formula is C20H23NO6. The highest BCUT2D eigenvalue weighted by Crippen LogP contribution is 2.29. The summed E-state index contributed by atoms with van der Waals surface area (Å²) in [6.45, 7) is 6.08. The standard InChI is InChI=1S/C20H23NO6/c1-4-25-17-9-6-14(11-18(17)26-5-2)20(24)21-16-8-7-15(10-13(16)3)27-12-19(22)23/h6-11H,4-5,12H2,1-3H3,(H,21,24)(H,22,23). The minimum atomic E-state index is -1.05. The Morgan fingerprint density at radius 2 is 1.67 bits per heavy atom. The topological polar surface area (TPSA) is 94.1 Å². The second-order valence-electron chi connectivity index (χ2n) is 5.64. The predicted molar refractivity (Wildman–Crippen MR) is 101 cm³/mol. The fraction of sp³-hybridized carbons (Fsp3) is 0.300. The number of nitrogens with one attached hydrogen (secondary N) is 1. The van der Waals surface area contributed by atoms with E-state index in [1.807, 2.05) is 13.8 Å². The molecule has 2 aromatic carbocycles. The number of anilines is 1. The molecule has 0 heterocycles. The van der Waals surface area contributed by atoms with Gasteiger partial charge in [0.2, 0.25) is 0 Å². The zero-order chi connectivity index (χ0) is 19.8. The fourth-order valence-corrected chi connectivity index (χ4v) is 2.40. The lowest BCUT2D eigenvalue weighted by atomic mass is 10.1. The average Bonchev–Trinajstić information content (AvgIpc) is 2.63. The van der Waals surface area contributed by atoms with Crippen molar-refractivity contribution < 1.29 is 28.9 Å². The van der Waals surface area contributed by atoms with E-state index in [2.05, 4.69) is 5.32 Å². The third-order valence-corrected chi connectivity index (χ3v) is 3.61. The summed E-state index contributed by atoms with van der Waals surface area (Å²) in [5.41, 5.74) is 1.80. The van der Waals surface area contributed by atoms with Gasteiger partial charge in [0.05, 0.1) is 13.2 Å². The van der Waals surface area contributed by atoms with E-state index in [0.717, 1.165) is 5.56 Å². The molecule has 0 saturated heterocycles. The van der Waals surface area contributed by atoms with Crippen LogP contribution in [-0.2, 0) is 4.79 Å². The Bertz CT molecular complexity index is 818. The molecule has 144 valence electrons. The summed E-state index contributed by atoms with van der Waals surface area (Å²) in [5, 5.41) is 11.5. The van der Waals surface area contributed by atoms with Crippen molar-refractivity contribution >= 4 is 17.6 Å². The number of aryl methyl sites for hydroxylation is 1. The first-order chi connectivity index (χ1) is 12.9. The number of carbonyl (C=O) groups is 2. The van der Waals surface area contributed by atoms with E-state index in [4.69, 9.17) is 19.3 Å². The number of aliphatic carboxylic acids is 1. The number of amides is 1. The van der Waals surface area contributed by atoms with Crippen molar-refractivity contribution in [2.24, 2.45) is 0 Å². The van der Waals surface area contributed by atoms with Crippen LogP contribution < -0.4 is 19.5 Å². The summed E-state index contributed by atoms with van der Waals surface area (Å²) in [4.78, 5) is 23.1. The maximum atomic E-state index is 12.6. The third kappa shape index (κ3) is 5.64. The molecule has 0 aliphatic carbocycles. The minimum absolute atomic E-state index is 0.290. The minimum Gasteiger partial charge on any atom is -0.490 e.